The summed E-state index contributed by atoms with van der Waals surface area (Å²) < 4.78 is 45.5. The number of hydrogen-bond donors (Lipinski definition) is 2. The van der Waals surface area contributed by atoms with Crippen LogP contribution in [-0.2, 0) is 19.4 Å². The Labute approximate surface area is 256 Å². The number of sulfone groups is 1. The summed E-state index contributed by atoms with van der Waals surface area (Å²) in [6.45, 7) is 6.57. The Hall–Kier alpha value is -3.18. The third kappa shape index (κ3) is 6.98. The SMILES string of the molecule is COc1cc(NC(=O)C[C@@]2(C)CC[C@@H](c3ccc(Cl)c(F)c3)N(C(CS(=O)(=O)C(C)(C)C)C3CC3)C2=O)ccc1C(=O)O. The lowest BCUT2D eigenvalue weighted by Gasteiger charge is -2.48. The maximum absolute atomic E-state index is 14.6. The van der Waals surface area contributed by atoms with Crippen LogP contribution in [0.3, 0.4) is 0 Å². The van der Waals surface area contributed by atoms with Gasteiger partial charge < -0.3 is 20.1 Å². The molecule has 0 bridgehead atoms. The zero-order valence-corrected chi connectivity index (χ0v) is 26.5. The highest BCUT2D eigenvalue weighted by molar-refractivity contribution is 7.92. The number of ether oxygens (including phenoxy) is 1. The van der Waals surface area contributed by atoms with Crippen LogP contribution in [0.5, 0.6) is 5.75 Å². The molecule has 2 fully saturated rings. The first kappa shape index (κ1) is 32.7. The van der Waals surface area contributed by atoms with E-state index >= 15 is 0 Å². The number of amides is 2. The summed E-state index contributed by atoms with van der Waals surface area (Å²) in [5.74, 6) is -2.84. The molecule has 1 saturated carbocycles. The molecule has 12 heteroatoms. The van der Waals surface area contributed by atoms with Gasteiger partial charge in [0.25, 0.3) is 0 Å². The number of hydrogen-bond acceptors (Lipinski definition) is 6. The lowest BCUT2D eigenvalue weighted by Crippen LogP contribution is -2.57. The normalized spacial score (nSPS) is 21.8. The second-order valence-electron chi connectivity index (χ2n) is 12.7. The number of carbonyl (C=O) groups excluding carboxylic acids is 2. The number of aromatic carboxylic acids is 1. The fraction of sp³-hybridized carbons (Fsp3) is 0.516. The minimum atomic E-state index is -3.63. The summed E-state index contributed by atoms with van der Waals surface area (Å²) in [6.07, 6.45) is 2.02. The van der Waals surface area contributed by atoms with Gasteiger partial charge >= 0.3 is 5.97 Å². The fourth-order valence-electron chi connectivity index (χ4n) is 5.65. The monoisotopic (exact) mass is 636 g/mol. The molecule has 2 N–H and O–H groups in total. The molecule has 9 nitrogen and oxygen atoms in total. The van der Waals surface area contributed by atoms with Crippen LogP contribution in [0.25, 0.3) is 0 Å². The van der Waals surface area contributed by atoms with E-state index in [-0.39, 0.29) is 40.3 Å². The number of rotatable bonds is 10. The highest BCUT2D eigenvalue weighted by Crippen LogP contribution is 2.48. The predicted octanol–water partition coefficient (Wildman–Crippen LogP) is 5.88. The average molecular weight is 637 g/mol. The van der Waals surface area contributed by atoms with Crippen molar-refractivity contribution in [2.75, 3.05) is 18.2 Å². The molecular weight excluding hydrogens is 599 g/mol. The van der Waals surface area contributed by atoms with Gasteiger partial charge in [0.05, 0.1) is 34.1 Å². The Kier molecular flexibility index (Phi) is 9.19. The number of benzene rings is 2. The number of methoxy groups -OCH3 is 1. The number of nitrogens with one attached hydrogen (secondary N) is 1. The Bertz CT molecular complexity index is 1540. The van der Waals surface area contributed by atoms with E-state index in [0.29, 0.717) is 24.1 Å². The summed E-state index contributed by atoms with van der Waals surface area (Å²) in [4.78, 5) is 40.7. The number of nitrogens with zero attached hydrogens (tertiary/aromatic N) is 1. The van der Waals surface area contributed by atoms with E-state index in [2.05, 4.69) is 5.32 Å². The van der Waals surface area contributed by atoms with Gasteiger partial charge in [-0.2, -0.15) is 0 Å². The first-order valence-electron chi connectivity index (χ1n) is 14.2. The molecule has 2 aromatic carbocycles. The van der Waals surface area contributed by atoms with Gasteiger partial charge in [-0.05, 0) is 82.2 Å². The molecule has 234 valence electrons. The molecule has 1 aliphatic carbocycles. The summed E-state index contributed by atoms with van der Waals surface area (Å²) in [7, 11) is -2.31. The zero-order valence-electron chi connectivity index (χ0n) is 24.9. The Morgan fingerprint density at radius 3 is 2.42 bits per heavy atom. The van der Waals surface area contributed by atoms with Gasteiger partial charge in [0.2, 0.25) is 11.8 Å². The quantitative estimate of drug-likeness (QED) is 0.333. The molecule has 43 heavy (non-hydrogen) atoms. The summed E-state index contributed by atoms with van der Waals surface area (Å²) in [5, 5.41) is 12.0. The van der Waals surface area contributed by atoms with Crippen LogP contribution in [-0.4, -0.2) is 59.9 Å². The van der Waals surface area contributed by atoms with Gasteiger partial charge in [-0.1, -0.05) is 24.6 Å². The van der Waals surface area contributed by atoms with Crippen molar-refractivity contribution in [2.24, 2.45) is 11.3 Å². The molecule has 2 aromatic rings. The Morgan fingerprint density at radius 1 is 1.19 bits per heavy atom. The smallest absolute Gasteiger partial charge is 0.339 e. The minimum Gasteiger partial charge on any atom is -0.496 e. The lowest BCUT2D eigenvalue weighted by atomic mass is 9.74. The first-order chi connectivity index (χ1) is 20.0. The largest absolute Gasteiger partial charge is 0.496 e. The predicted molar refractivity (Wildman–Crippen MR) is 162 cm³/mol. The highest BCUT2D eigenvalue weighted by atomic mass is 35.5. The van der Waals surface area contributed by atoms with Gasteiger partial charge in [0.15, 0.2) is 9.84 Å². The molecule has 3 atom stereocenters. The minimum absolute atomic E-state index is 0.0305. The number of halogens is 2. The van der Waals surface area contributed by atoms with E-state index in [1.807, 2.05) is 0 Å². The summed E-state index contributed by atoms with van der Waals surface area (Å²) in [5.41, 5.74) is -0.412. The number of carboxylic acids is 1. The zero-order chi connectivity index (χ0) is 31.9. The number of carboxylic acid groups (broad SMARTS) is 1. The van der Waals surface area contributed by atoms with Crippen molar-refractivity contribution in [1.29, 1.82) is 0 Å². The molecule has 0 aromatic heterocycles. The Balaban J connectivity index is 1.66. The second-order valence-corrected chi connectivity index (χ2v) is 15.9. The van der Waals surface area contributed by atoms with Gasteiger partial charge in [0.1, 0.15) is 17.1 Å². The molecule has 1 saturated heterocycles. The highest BCUT2D eigenvalue weighted by Gasteiger charge is 2.52. The van der Waals surface area contributed by atoms with Crippen molar-refractivity contribution in [3.63, 3.8) is 0 Å². The number of carbonyl (C=O) groups is 3. The van der Waals surface area contributed by atoms with Crippen LogP contribution >= 0.6 is 11.6 Å². The molecule has 1 aliphatic heterocycles. The first-order valence-corrected chi connectivity index (χ1v) is 16.2. The molecule has 2 amide bonds. The second kappa shape index (κ2) is 12.1. The van der Waals surface area contributed by atoms with E-state index in [9.17, 15) is 32.3 Å². The van der Waals surface area contributed by atoms with Gasteiger partial charge in [-0.25, -0.2) is 17.6 Å². The molecule has 0 radical (unpaired) electrons. The molecule has 1 heterocycles. The van der Waals surface area contributed by atoms with E-state index < -0.39 is 49.8 Å². The third-order valence-corrected chi connectivity index (χ3v) is 11.5. The third-order valence-electron chi connectivity index (χ3n) is 8.50. The Morgan fingerprint density at radius 2 is 1.86 bits per heavy atom. The van der Waals surface area contributed by atoms with Gasteiger partial charge in [0, 0.05) is 24.2 Å². The molecule has 4 rings (SSSR count). The van der Waals surface area contributed by atoms with Crippen LogP contribution in [0.1, 0.15) is 81.8 Å². The molecule has 0 spiro atoms. The average Bonchev–Trinajstić information content (AvgIpc) is 3.75. The van der Waals surface area contributed by atoms with Crippen LogP contribution < -0.4 is 10.1 Å². The van der Waals surface area contributed by atoms with Gasteiger partial charge in [-0.3, -0.25) is 9.59 Å². The van der Waals surface area contributed by atoms with Crippen LogP contribution in [0.15, 0.2) is 36.4 Å². The van der Waals surface area contributed by atoms with E-state index in [1.165, 1.54) is 37.4 Å². The fourth-order valence-corrected chi connectivity index (χ4v) is 7.15. The van der Waals surface area contributed by atoms with E-state index in [0.717, 1.165) is 12.8 Å². The molecular formula is C31H38ClFN2O7S. The van der Waals surface area contributed by atoms with Gasteiger partial charge in [-0.15, -0.1) is 0 Å². The van der Waals surface area contributed by atoms with Crippen molar-refractivity contribution >= 4 is 44.9 Å². The lowest BCUT2D eigenvalue weighted by molar-refractivity contribution is -0.155. The van der Waals surface area contributed by atoms with Crippen molar-refractivity contribution < 1.29 is 37.0 Å². The number of likely N-dealkylation sites (tertiary alicyclic amines) is 1. The topological polar surface area (TPSA) is 130 Å². The number of piperidine rings is 1. The van der Waals surface area contributed by atoms with Crippen LogP contribution in [0.2, 0.25) is 5.02 Å². The van der Waals surface area contributed by atoms with Crippen molar-refractivity contribution in [3.05, 3.63) is 58.4 Å². The molecule has 2 aliphatic rings. The maximum Gasteiger partial charge on any atom is 0.339 e. The van der Waals surface area contributed by atoms with Crippen molar-refractivity contribution in [3.8, 4) is 5.75 Å². The summed E-state index contributed by atoms with van der Waals surface area (Å²) >= 11 is 5.94. The van der Waals surface area contributed by atoms with Crippen LogP contribution in [0.4, 0.5) is 10.1 Å². The van der Waals surface area contributed by atoms with Crippen molar-refractivity contribution in [2.45, 2.75) is 76.6 Å². The van der Waals surface area contributed by atoms with E-state index in [1.54, 1.807) is 38.7 Å². The standard InChI is InChI=1S/C31H38ClFN2O7S/c1-30(2,3)43(40,41)17-25(18-6-7-18)35-24(19-8-11-22(32)23(33)14-19)12-13-31(4,29(35)39)16-27(36)34-20-9-10-21(28(37)38)26(15-20)42-5/h8-11,14-15,18,24-25H,6-7,12-13,16-17H2,1-5H3,(H,34,36)(H,37,38)/t24-,25?,31+/m0/s1. The number of anilines is 1. The molecule has 1 unspecified atom stereocenters. The van der Waals surface area contributed by atoms with Crippen LogP contribution in [0, 0.1) is 17.2 Å². The summed E-state index contributed by atoms with van der Waals surface area (Å²) in [6, 6.07) is 7.29. The van der Waals surface area contributed by atoms with E-state index in [4.69, 9.17) is 16.3 Å². The van der Waals surface area contributed by atoms with Crippen molar-refractivity contribution in [1.82, 2.24) is 4.90 Å². The maximum atomic E-state index is 14.6.